The smallest absolute Gasteiger partial charge is 0.319 e. The van der Waals surface area contributed by atoms with Crippen molar-refractivity contribution in [3.8, 4) is 5.75 Å². The molecule has 0 aliphatic rings. The van der Waals surface area contributed by atoms with Gasteiger partial charge in [-0.1, -0.05) is 81.1 Å². The Bertz CT molecular complexity index is 633. The zero-order chi connectivity index (χ0) is 22.4. The molecule has 0 saturated carbocycles. The molecule has 0 spiro atoms. The fraction of sp³-hybridized carbons (Fsp3) is 0.720. The molecular formula is C25H42O3S. The van der Waals surface area contributed by atoms with Crippen LogP contribution >= 0.6 is 12.6 Å². The summed E-state index contributed by atoms with van der Waals surface area (Å²) < 4.78 is 5.62. The van der Waals surface area contributed by atoms with Crippen LogP contribution < -0.4 is 0 Å². The number of hydrogen-bond acceptors (Lipinski definition) is 4. The van der Waals surface area contributed by atoms with E-state index in [1.54, 1.807) is 0 Å². The van der Waals surface area contributed by atoms with E-state index in [4.69, 9.17) is 4.74 Å². The first-order valence-corrected chi connectivity index (χ1v) is 11.5. The molecule has 0 heterocycles. The highest BCUT2D eigenvalue weighted by Gasteiger charge is 2.27. The van der Waals surface area contributed by atoms with Gasteiger partial charge in [0.05, 0.1) is 5.25 Å². The van der Waals surface area contributed by atoms with Gasteiger partial charge in [0.15, 0.2) is 0 Å². The van der Waals surface area contributed by atoms with Gasteiger partial charge >= 0.3 is 5.97 Å². The van der Waals surface area contributed by atoms with E-state index < -0.39 is 5.25 Å². The van der Waals surface area contributed by atoms with Crippen molar-refractivity contribution in [2.75, 3.05) is 0 Å². The lowest BCUT2D eigenvalue weighted by Crippen LogP contribution is -2.22. The molecule has 0 radical (unpaired) electrons. The Hall–Kier alpha value is -1.16. The van der Waals surface area contributed by atoms with Crippen LogP contribution in [0.25, 0.3) is 0 Å². The number of carbonyl (C=O) groups excluding carboxylic acids is 1. The van der Waals surface area contributed by atoms with Crippen molar-refractivity contribution in [2.45, 2.75) is 110 Å². The van der Waals surface area contributed by atoms with Gasteiger partial charge in [0.2, 0.25) is 0 Å². The summed E-state index contributed by atoms with van der Waals surface area (Å²) in [6.07, 6.45) is 5.32. The van der Waals surface area contributed by atoms with Gasteiger partial charge in [-0.3, -0.25) is 4.79 Å². The number of phenols is 1. The summed E-state index contributed by atoms with van der Waals surface area (Å²) >= 11 is 4.52. The third-order valence-corrected chi connectivity index (χ3v) is 5.96. The maximum Gasteiger partial charge on any atom is 0.319 e. The molecule has 0 bridgehead atoms. The quantitative estimate of drug-likeness (QED) is 0.335. The van der Waals surface area contributed by atoms with Crippen LogP contribution in [-0.2, 0) is 27.0 Å². The predicted molar refractivity (Wildman–Crippen MR) is 126 cm³/mol. The van der Waals surface area contributed by atoms with Crippen molar-refractivity contribution < 1.29 is 14.6 Å². The fourth-order valence-electron chi connectivity index (χ4n) is 3.57. The fourth-order valence-corrected chi connectivity index (χ4v) is 3.94. The largest absolute Gasteiger partial charge is 0.507 e. The molecule has 4 heteroatoms. The molecule has 3 nitrogen and oxygen atoms in total. The van der Waals surface area contributed by atoms with E-state index in [1.165, 1.54) is 12.8 Å². The molecule has 1 aromatic rings. The van der Waals surface area contributed by atoms with E-state index in [9.17, 15) is 9.90 Å². The second kappa shape index (κ2) is 10.7. The Morgan fingerprint density at radius 3 is 2.00 bits per heavy atom. The van der Waals surface area contributed by atoms with Gasteiger partial charge in [0, 0.05) is 0 Å². The highest BCUT2D eigenvalue weighted by molar-refractivity contribution is 7.81. The molecule has 0 amide bonds. The number of ether oxygens (including phenoxy) is 1. The van der Waals surface area contributed by atoms with E-state index in [-0.39, 0.29) is 23.4 Å². The SMILES string of the molecule is CCCCC(CC)CC(S)C(=O)OCc1cc(C(C)(C)C)c(O)c(C(C)(C)C)c1. The molecule has 0 fully saturated rings. The molecule has 166 valence electrons. The van der Waals surface area contributed by atoms with E-state index in [0.29, 0.717) is 11.7 Å². The van der Waals surface area contributed by atoms with Crippen molar-refractivity contribution in [3.63, 3.8) is 0 Å². The molecule has 1 N–H and O–H groups in total. The Kier molecular flexibility index (Phi) is 9.59. The number of hydrogen-bond donors (Lipinski definition) is 2. The van der Waals surface area contributed by atoms with E-state index in [0.717, 1.165) is 36.0 Å². The minimum atomic E-state index is -0.391. The van der Waals surface area contributed by atoms with Gasteiger partial charge in [0.25, 0.3) is 0 Å². The van der Waals surface area contributed by atoms with E-state index in [2.05, 4.69) is 68.0 Å². The van der Waals surface area contributed by atoms with Crippen LogP contribution in [0.3, 0.4) is 0 Å². The van der Waals surface area contributed by atoms with Gasteiger partial charge in [-0.05, 0) is 52.0 Å². The third-order valence-electron chi connectivity index (χ3n) is 5.54. The van der Waals surface area contributed by atoms with Crippen LogP contribution in [0, 0.1) is 5.92 Å². The van der Waals surface area contributed by atoms with E-state index >= 15 is 0 Å². The van der Waals surface area contributed by atoms with Gasteiger partial charge in [-0.15, -0.1) is 0 Å². The number of benzene rings is 1. The molecular weight excluding hydrogens is 380 g/mol. The topological polar surface area (TPSA) is 46.5 Å². The monoisotopic (exact) mass is 422 g/mol. The van der Waals surface area contributed by atoms with Gasteiger partial charge in [0.1, 0.15) is 12.4 Å². The lowest BCUT2D eigenvalue weighted by Gasteiger charge is -2.28. The molecule has 0 aliphatic heterocycles. The Morgan fingerprint density at radius 2 is 1.59 bits per heavy atom. The molecule has 2 atom stereocenters. The maximum atomic E-state index is 12.5. The lowest BCUT2D eigenvalue weighted by atomic mass is 9.78. The second-order valence-corrected chi connectivity index (χ2v) is 10.9. The minimum Gasteiger partial charge on any atom is -0.507 e. The standard InChI is InChI=1S/C25H42O3S/c1-9-11-12-17(10-2)15-21(29)23(27)28-16-18-13-19(24(3,4)5)22(26)20(14-18)25(6,7)8/h13-14,17,21,26,29H,9-12,15-16H2,1-8H3. The Morgan fingerprint density at radius 1 is 1.07 bits per heavy atom. The number of carbonyl (C=O) groups is 1. The average molecular weight is 423 g/mol. The molecule has 2 unspecified atom stereocenters. The van der Waals surface area contributed by atoms with Crippen molar-refractivity contribution in [1.29, 1.82) is 0 Å². The zero-order valence-electron chi connectivity index (χ0n) is 19.8. The first-order chi connectivity index (χ1) is 13.3. The molecule has 0 saturated heterocycles. The highest BCUT2D eigenvalue weighted by Crippen LogP contribution is 2.40. The van der Waals surface area contributed by atoms with E-state index in [1.807, 2.05) is 12.1 Å². The van der Waals surface area contributed by atoms with Crippen LogP contribution in [0.4, 0.5) is 0 Å². The number of esters is 1. The number of thiol groups is 1. The van der Waals surface area contributed by atoms with Gasteiger partial charge < -0.3 is 9.84 Å². The number of phenolic OH excluding ortho intramolecular Hbond substituents is 1. The molecule has 29 heavy (non-hydrogen) atoms. The highest BCUT2D eigenvalue weighted by atomic mass is 32.1. The summed E-state index contributed by atoms with van der Waals surface area (Å²) in [5, 5.41) is 10.4. The van der Waals surface area contributed by atoms with Crippen molar-refractivity contribution in [3.05, 3.63) is 28.8 Å². The summed E-state index contributed by atoms with van der Waals surface area (Å²) in [7, 11) is 0. The van der Waals surface area contributed by atoms with Crippen molar-refractivity contribution >= 4 is 18.6 Å². The van der Waals surface area contributed by atoms with Crippen LogP contribution in [-0.4, -0.2) is 16.3 Å². The lowest BCUT2D eigenvalue weighted by molar-refractivity contribution is -0.144. The van der Waals surface area contributed by atoms with Gasteiger partial charge in [-0.25, -0.2) is 0 Å². The van der Waals surface area contributed by atoms with Gasteiger partial charge in [-0.2, -0.15) is 12.6 Å². The second-order valence-electron chi connectivity index (χ2n) is 10.3. The van der Waals surface area contributed by atoms with Crippen LogP contribution in [0.1, 0.15) is 104 Å². The summed E-state index contributed by atoms with van der Waals surface area (Å²) in [5.41, 5.74) is 2.26. The molecule has 0 aromatic heterocycles. The summed E-state index contributed by atoms with van der Waals surface area (Å²) in [6, 6.07) is 3.92. The normalized spacial score (nSPS) is 14.5. The average Bonchev–Trinajstić information content (AvgIpc) is 2.61. The van der Waals surface area contributed by atoms with Crippen molar-refractivity contribution in [1.82, 2.24) is 0 Å². The third kappa shape index (κ3) is 7.88. The number of rotatable bonds is 9. The first-order valence-electron chi connectivity index (χ1n) is 11.0. The number of unbranched alkanes of at least 4 members (excludes halogenated alkanes) is 1. The summed E-state index contributed by atoms with van der Waals surface area (Å²) in [6.45, 7) is 17.0. The van der Waals surface area contributed by atoms with Crippen LogP contribution in [0.2, 0.25) is 0 Å². The Labute approximate surface area is 184 Å². The molecule has 1 rings (SSSR count). The summed E-state index contributed by atoms with van der Waals surface area (Å²) in [5.74, 6) is 0.596. The summed E-state index contributed by atoms with van der Waals surface area (Å²) in [4.78, 5) is 12.5. The predicted octanol–water partition coefficient (Wildman–Crippen LogP) is 6.94. The Balaban J connectivity index is 2.94. The first kappa shape index (κ1) is 25.9. The maximum absolute atomic E-state index is 12.5. The van der Waals surface area contributed by atoms with Crippen molar-refractivity contribution in [2.24, 2.45) is 5.92 Å². The zero-order valence-corrected chi connectivity index (χ0v) is 20.7. The molecule has 1 aromatic carbocycles. The van der Waals surface area contributed by atoms with Crippen LogP contribution in [0.5, 0.6) is 5.75 Å². The minimum absolute atomic E-state index is 0.202. The van der Waals surface area contributed by atoms with Crippen LogP contribution in [0.15, 0.2) is 12.1 Å². The molecule has 0 aliphatic carbocycles. The number of aromatic hydroxyl groups is 1.